The molecule has 0 saturated carbocycles. The van der Waals surface area contributed by atoms with E-state index in [-0.39, 0.29) is 18.4 Å². The molecule has 9 heteroatoms. The number of hydrogen-bond donors (Lipinski definition) is 0. The Morgan fingerprint density at radius 1 is 0.912 bits per heavy atom. The molecule has 0 spiro atoms. The number of imide groups is 1. The van der Waals surface area contributed by atoms with Crippen LogP contribution in [0.3, 0.4) is 0 Å². The Kier molecular flexibility index (Phi) is 5.12. The van der Waals surface area contributed by atoms with Gasteiger partial charge in [-0.25, -0.2) is 4.68 Å². The van der Waals surface area contributed by atoms with Gasteiger partial charge >= 0.3 is 0 Å². The van der Waals surface area contributed by atoms with E-state index in [4.69, 9.17) is 16.6 Å². The predicted molar refractivity (Wildman–Crippen MR) is 129 cm³/mol. The zero-order valence-electron chi connectivity index (χ0n) is 17.9. The van der Waals surface area contributed by atoms with Gasteiger partial charge in [-0.15, -0.1) is 16.4 Å². The van der Waals surface area contributed by atoms with Crippen molar-refractivity contribution in [3.05, 3.63) is 93.8 Å². The van der Waals surface area contributed by atoms with Crippen LogP contribution < -0.4 is 0 Å². The molecule has 6 rings (SSSR count). The second-order valence-corrected chi connectivity index (χ2v) is 9.56. The van der Waals surface area contributed by atoms with Crippen LogP contribution in [0.1, 0.15) is 44.1 Å². The molecule has 0 N–H and O–H groups in total. The van der Waals surface area contributed by atoms with Gasteiger partial charge < -0.3 is 0 Å². The minimum atomic E-state index is -0.306. The molecule has 0 fully saturated rings. The molecule has 0 radical (unpaired) electrons. The molecule has 2 aliphatic rings. The number of benzene rings is 1. The van der Waals surface area contributed by atoms with E-state index in [9.17, 15) is 9.59 Å². The molecule has 2 amide bonds. The fourth-order valence-electron chi connectivity index (χ4n) is 4.40. The van der Waals surface area contributed by atoms with Gasteiger partial charge in [-0.05, 0) is 54.1 Å². The first-order valence-electron chi connectivity index (χ1n) is 10.8. The Balaban J connectivity index is 1.19. The number of carbonyl (C=O) groups excluding carboxylic acids is 2. The van der Waals surface area contributed by atoms with Crippen LogP contribution in [0.25, 0.3) is 15.6 Å². The Morgan fingerprint density at radius 2 is 1.71 bits per heavy atom. The van der Waals surface area contributed by atoms with Gasteiger partial charge in [0.1, 0.15) is 5.69 Å². The van der Waals surface area contributed by atoms with E-state index in [1.807, 2.05) is 23.6 Å². The van der Waals surface area contributed by atoms with Crippen LogP contribution in [-0.4, -0.2) is 36.7 Å². The molecule has 4 heterocycles. The highest BCUT2D eigenvalue weighted by Crippen LogP contribution is 2.36. The maximum atomic E-state index is 12.6. The van der Waals surface area contributed by atoms with E-state index in [0.29, 0.717) is 28.4 Å². The summed E-state index contributed by atoms with van der Waals surface area (Å²) in [6.07, 6.45) is 3.34. The number of rotatable bonds is 5. The number of amides is 2. The van der Waals surface area contributed by atoms with E-state index in [2.05, 4.69) is 16.4 Å². The second-order valence-electron chi connectivity index (χ2n) is 8.24. The molecule has 34 heavy (non-hydrogen) atoms. The first kappa shape index (κ1) is 20.9. The van der Waals surface area contributed by atoms with Crippen molar-refractivity contribution >= 4 is 39.8 Å². The number of carbonyl (C=O) groups is 2. The fraction of sp³-hybridized carbons (Fsp3) is 0.160. The molecular weight excluding hydrogens is 470 g/mol. The molecule has 168 valence electrons. The molecule has 7 nitrogen and oxygen atoms in total. The molecule has 1 aliphatic heterocycles. The predicted octanol–water partition coefficient (Wildman–Crippen LogP) is 4.79. The minimum absolute atomic E-state index is 0.0807. The summed E-state index contributed by atoms with van der Waals surface area (Å²) in [5.74, 6) is -0.613. The third kappa shape index (κ3) is 3.55. The molecular formula is C25H18ClN5O2S. The first-order chi connectivity index (χ1) is 16.6. The normalized spacial score (nSPS) is 15.1. The Bertz CT molecular complexity index is 1440. The van der Waals surface area contributed by atoms with Crippen LogP contribution >= 0.6 is 22.9 Å². The monoisotopic (exact) mass is 487 g/mol. The smallest absolute Gasteiger partial charge is 0.261 e. The summed E-state index contributed by atoms with van der Waals surface area (Å²) >= 11 is 8.43. The van der Waals surface area contributed by atoms with E-state index in [1.165, 1.54) is 4.90 Å². The molecule has 1 aromatic carbocycles. The lowest BCUT2D eigenvalue weighted by atomic mass is 9.95. The molecule has 1 aliphatic carbocycles. The molecule has 4 aromatic rings. The minimum Gasteiger partial charge on any atom is -0.269 e. The van der Waals surface area contributed by atoms with Gasteiger partial charge in [0.25, 0.3) is 11.8 Å². The highest BCUT2D eigenvalue weighted by molar-refractivity contribution is 7.13. The summed E-state index contributed by atoms with van der Waals surface area (Å²) in [6.45, 7) is 0.567. The van der Waals surface area contributed by atoms with Crippen molar-refractivity contribution in [3.63, 3.8) is 0 Å². The summed E-state index contributed by atoms with van der Waals surface area (Å²) in [6, 6.07) is 15.0. The van der Waals surface area contributed by atoms with Crippen LogP contribution in [0, 0.1) is 0 Å². The van der Waals surface area contributed by atoms with Crippen molar-refractivity contribution in [1.29, 1.82) is 0 Å². The number of fused-ring (bicyclic) bond motifs is 2. The van der Waals surface area contributed by atoms with Gasteiger partial charge in [-0.1, -0.05) is 35.0 Å². The van der Waals surface area contributed by atoms with Gasteiger partial charge in [0.05, 0.1) is 51.7 Å². The standard InChI is InChI=1S/C25H18ClN5O2S/c26-23-15(7-9-20-19(23)8-10-21(27-20)22-6-3-11-34-22)12-30-13-16(28-29-30)14-31-24(32)17-4-1-2-5-18(17)25(31)33/h1-6,8,10-11,13H,7,9,12,14H2. The second kappa shape index (κ2) is 8.30. The Morgan fingerprint density at radius 3 is 2.44 bits per heavy atom. The van der Waals surface area contributed by atoms with Gasteiger partial charge in [-0.2, -0.15) is 0 Å². The van der Waals surface area contributed by atoms with Crippen molar-refractivity contribution in [2.24, 2.45) is 0 Å². The van der Waals surface area contributed by atoms with Crippen molar-refractivity contribution in [2.45, 2.75) is 25.9 Å². The summed E-state index contributed by atoms with van der Waals surface area (Å²) in [5.41, 5.74) is 5.37. The third-order valence-electron chi connectivity index (χ3n) is 6.10. The van der Waals surface area contributed by atoms with Gasteiger partial charge in [0, 0.05) is 5.56 Å². The summed E-state index contributed by atoms with van der Waals surface area (Å²) in [4.78, 5) is 32.4. The van der Waals surface area contributed by atoms with Crippen molar-refractivity contribution in [2.75, 3.05) is 0 Å². The SMILES string of the molecule is O=C1c2ccccc2C(=O)N1Cc1cn(CC2=C(Cl)c3ccc(-c4cccs4)nc3CC2)nn1. The average molecular weight is 488 g/mol. The van der Waals surface area contributed by atoms with Crippen LogP contribution in [0.2, 0.25) is 0 Å². The van der Waals surface area contributed by atoms with Crippen LogP contribution in [-0.2, 0) is 19.5 Å². The lowest BCUT2D eigenvalue weighted by molar-refractivity contribution is 0.0640. The average Bonchev–Trinajstić information content (AvgIpc) is 3.60. The zero-order chi connectivity index (χ0) is 23.2. The van der Waals surface area contributed by atoms with Crippen LogP contribution in [0.5, 0.6) is 0 Å². The van der Waals surface area contributed by atoms with Crippen molar-refractivity contribution < 1.29 is 9.59 Å². The highest BCUT2D eigenvalue weighted by atomic mass is 35.5. The summed E-state index contributed by atoms with van der Waals surface area (Å²) in [7, 11) is 0. The first-order valence-corrected chi connectivity index (χ1v) is 12.1. The molecule has 0 saturated heterocycles. The van der Waals surface area contributed by atoms with E-state index in [1.54, 1.807) is 46.5 Å². The van der Waals surface area contributed by atoms with Crippen LogP contribution in [0.4, 0.5) is 0 Å². The maximum Gasteiger partial charge on any atom is 0.261 e. The maximum absolute atomic E-state index is 12.6. The fourth-order valence-corrected chi connectivity index (χ4v) is 5.42. The summed E-state index contributed by atoms with van der Waals surface area (Å²) < 4.78 is 1.70. The number of aryl methyl sites for hydroxylation is 1. The van der Waals surface area contributed by atoms with E-state index in [0.717, 1.165) is 40.2 Å². The topological polar surface area (TPSA) is 81.0 Å². The Labute approximate surface area is 204 Å². The number of allylic oxidation sites excluding steroid dienone is 1. The van der Waals surface area contributed by atoms with Gasteiger partial charge in [0.15, 0.2) is 0 Å². The third-order valence-corrected chi connectivity index (χ3v) is 7.46. The largest absolute Gasteiger partial charge is 0.269 e. The number of hydrogen-bond acceptors (Lipinski definition) is 6. The zero-order valence-corrected chi connectivity index (χ0v) is 19.5. The number of pyridine rings is 1. The molecule has 0 atom stereocenters. The van der Waals surface area contributed by atoms with Crippen molar-refractivity contribution in [1.82, 2.24) is 24.9 Å². The van der Waals surface area contributed by atoms with Gasteiger partial charge in [0.2, 0.25) is 0 Å². The molecule has 3 aromatic heterocycles. The molecule has 0 bridgehead atoms. The van der Waals surface area contributed by atoms with E-state index >= 15 is 0 Å². The summed E-state index contributed by atoms with van der Waals surface area (Å²) in [5, 5.41) is 11.1. The van der Waals surface area contributed by atoms with E-state index < -0.39 is 0 Å². The quantitative estimate of drug-likeness (QED) is 0.378. The number of aromatic nitrogens is 4. The molecule has 0 unspecified atom stereocenters. The lowest BCUT2D eigenvalue weighted by Gasteiger charge is -2.19. The highest BCUT2D eigenvalue weighted by Gasteiger charge is 2.35. The Hall–Kier alpha value is -3.62. The van der Waals surface area contributed by atoms with Crippen LogP contribution in [0.15, 0.2) is 65.7 Å². The number of halogens is 1. The lowest BCUT2D eigenvalue weighted by Crippen LogP contribution is -2.29. The van der Waals surface area contributed by atoms with Gasteiger partial charge in [-0.3, -0.25) is 19.5 Å². The van der Waals surface area contributed by atoms with Crippen molar-refractivity contribution in [3.8, 4) is 10.6 Å². The number of nitrogens with zero attached hydrogens (tertiary/aromatic N) is 5. The number of thiophene rings is 1.